The van der Waals surface area contributed by atoms with Crippen LogP contribution in [0.5, 0.6) is 0 Å². The Balaban J connectivity index is 1.72. The lowest BCUT2D eigenvalue weighted by Gasteiger charge is -2.27. The molecule has 1 fully saturated rings. The van der Waals surface area contributed by atoms with E-state index >= 15 is 0 Å². The van der Waals surface area contributed by atoms with E-state index < -0.39 is 0 Å². The van der Waals surface area contributed by atoms with E-state index in [1.807, 2.05) is 35.9 Å². The maximum Gasteiger partial charge on any atom is 0.280 e. The number of fused-ring (bicyclic) bond motifs is 1. The second-order valence-corrected chi connectivity index (χ2v) is 8.46. The number of carbonyl (C=O) groups is 1. The third-order valence-corrected chi connectivity index (χ3v) is 6.15. The van der Waals surface area contributed by atoms with Gasteiger partial charge in [0.05, 0.1) is 17.8 Å². The number of aromatic nitrogens is 3. The van der Waals surface area contributed by atoms with E-state index in [0.29, 0.717) is 22.4 Å². The second-order valence-electron chi connectivity index (χ2n) is 7.61. The molecule has 0 radical (unpaired) electrons. The summed E-state index contributed by atoms with van der Waals surface area (Å²) in [6, 6.07) is 9.01. The number of amides is 1. The normalized spacial score (nSPS) is 18.4. The molecule has 0 N–H and O–H groups in total. The molecule has 1 aliphatic carbocycles. The van der Waals surface area contributed by atoms with E-state index in [9.17, 15) is 9.59 Å². The molecular weight excluding hydrogens is 411 g/mol. The quantitative estimate of drug-likeness (QED) is 0.625. The van der Waals surface area contributed by atoms with Crippen molar-refractivity contribution in [2.45, 2.75) is 31.8 Å². The van der Waals surface area contributed by atoms with E-state index in [-0.39, 0.29) is 22.5 Å². The predicted molar refractivity (Wildman–Crippen MR) is 112 cm³/mol. The van der Waals surface area contributed by atoms with Crippen molar-refractivity contribution in [3.05, 3.63) is 79.4 Å². The summed E-state index contributed by atoms with van der Waals surface area (Å²) in [6.45, 7) is 2.01. The van der Waals surface area contributed by atoms with Gasteiger partial charge in [0.2, 0.25) is 0 Å². The Bertz CT molecular complexity index is 1180. The average Bonchev–Trinajstić information content (AvgIpc) is 3.42. The van der Waals surface area contributed by atoms with Gasteiger partial charge in [-0.2, -0.15) is 5.10 Å². The number of benzene rings is 1. The van der Waals surface area contributed by atoms with Crippen LogP contribution in [-0.2, 0) is 7.05 Å². The van der Waals surface area contributed by atoms with E-state index in [1.165, 1.54) is 4.57 Å². The Morgan fingerprint density at radius 3 is 2.41 bits per heavy atom. The van der Waals surface area contributed by atoms with Crippen molar-refractivity contribution in [3.63, 3.8) is 0 Å². The molecule has 148 valence electrons. The van der Waals surface area contributed by atoms with Gasteiger partial charge in [0.15, 0.2) is 5.69 Å². The van der Waals surface area contributed by atoms with Crippen molar-refractivity contribution >= 4 is 34.8 Å². The van der Waals surface area contributed by atoms with Crippen molar-refractivity contribution in [3.8, 4) is 0 Å². The summed E-state index contributed by atoms with van der Waals surface area (Å²) >= 11 is 12.2. The minimum absolute atomic E-state index is 0.0666. The van der Waals surface area contributed by atoms with Crippen LogP contribution in [0.1, 0.15) is 52.2 Å². The minimum Gasteiger partial charge on any atom is -0.315 e. The molecule has 2 aromatic heterocycles. The summed E-state index contributed by atoms with van der Waals surface area (Å²) in [5, 5.41) is 5.35. The first-order valence-corrected chi connectivity index (χ1v) is 10.2. The lowest BCUT2D eigenvalue weighted by atomic mass is 9.99. The minimum atomic E-state index is -0.365. The van der Waals surface area contributed by atoms with Gasteiger partial charge in [-0.3, -0.25) is 19.2 Å². The number of carbonyl (C=O) groups excluding carboxylic acids is 1. The number of hydrogen-bond donors (Lipinski definition) is 0. The molecule has 8 heteroatoms. The lowest BCUT2D eigenvalue weighted by Crippen LogP contribution is -2.31. The van der Waals surface area contributed by atoms with Gasteiger partial charge >= 0.3 is 0 Å². The van der Waals surface area contributed by atoms with E-state index in [4.69, 9.17) is 23.2 Å². The second kappa shape index (κ2) is 6.47. The highest BCUT2D eigenvalue weighted by atomic mass is 35.5. The Morgan fingerprint density at radius 2 is 1.79 bits per heavy atom. The van der Waals surface area contributed by atoms with E-state index in [2.05, 4.69) is 5.10 Å². The molecular formula is C21H18Cl2N4O2. The van der Waals surface area contributed by atoms with Crippen LogP contribution in [0.25, 0.3) is 0 Å². The van der Waals surface area contributed by atoms with Gasteiger partial charge in [-0.1, -0.05) is 35.3 Å². The first-order chi connectivity index (χ1) is 13.9. The van der Waals surface area contributed by atoms with Crippen LogP contribution in [0.3, 0.4) is 0 Å². The Morgan fingerprint density at radius 1 is 1.10 bits per heavy atom. The van der Waals surface area contributed by atoms with Crippen LogP contribution in [-0.4, -0.2) is 20.3 Å². The van der Waals surface area contributed by atoms with Gasteiger partial charge in [0.1, 0.15) is 5.02 Å². The Kier molecular flexibility index (Phi) is 4.12. The highest BCUT2D eigenvalue weighted by molar-refractivity contribution is 6.31. The van der Waals surface area contributed by atoms with Gasteiger partial charge in [-0.05, 0) is 43.5 Å². The third kappa shape index (κ3) is 2.81. The third-order valence-electron chi connectivity index (χ3n) is 5.63. The zero-order valence-corrected chi connectivity index (χ0v) is 17.4. The molecule has 1 atom stereocenters. The van der Waals surface area contributed by atoms with Gasteiger partial charge < -0.3 is 4.57 Å². The molecule has 1 aliphatic heterocycles. The summed E-state index contributed by atoms with van der Waals surface area (Å²) in [5.41, 5.74) is 3.52. The molecule has 1 amide bonds. The predicted octanol–water partition coefficient (Wildman–Crippen LogP) is 4.28. The zero-order chi connectivity index (χ0) is 20.4. The summed E-state index contributed by atoms with van der Waals surface area (Å²) in [5.74, 6) is -0.197. The van der Waals surface area contributed by atoms with E-state index in [0.717, 1.165) is 29.7 Å². The number of hydrogen-bond acceptors (Lipinski definition) is 3. The highest BCUT2D eigenvalue weighted by Gasteiger charge is 2.45. The van der Waals surface area contributed by atoms with Crippen LogP contribution in [0.15, 0.2) is 41.3 Å². The van der Waals surface area contributed by atoms with Crippen LogP contribution < -0.4 is 10.5 Å². The molecule has 0 unspecified atom stereocenters. The van der Waals surface area contributed by atoms with Crippen molar-refractivity contribution in [2.24, 2.45) is 7.05 Å². The maximum atomic E-state index is 13.5. The largest absolute Gasteiger partial charge is 0.315 e. The zero-order valence-electron chi connectivity index (χ0n) is 15.9. The van der Waals surface area contributed by atoms with Crippen LogP contribution in [0, 0.1) is 6.92 Å². The van der Waals surface area contributed by atoms with Crippen molar-refractivity contribution in [1.82, 2.24) is 14.3 Å². The summed E-state index contributed by atoms with van der Waals surface area (Å²) < 4.78 is 3.37. The SMILES string of the molecule is Cc1c2c(nn1C1CC1)C(=O)N(c1cc(Cl)c(=O)n(C)c1)[C@H]2c1ccc(Cl)cc1. The fourth-order valence-corrected chi connectivity index (χ4v) is 4.44. The number of nitrogens with zero attached hydrogens (tertiary/aromatic N) is 4. The number of anilines is 1. The fourth-order valence-electron chi connectivity index (χ4n) is 4.06. The fraction of sp³-hybridized carbons (Fsp3) is 0.286. The molecule has 1 aromatic carbocycles. The van der Waals surface area contributed by atoms with Gasteiger partial charge in [0, 0.05) is 29.5 Å². The Labute approximate surface area is 177 Å². The van der Waals surface area contributed by atoms with Gasteiger partial charge in [-0.15, -0.1) is 0 Å². The number of aryl methyl sites for hydroxylation is 1. The lowest BCUT2D eigenvalue weighted by molar-refractivity contribution is 0.0987. The average molecular weight is 429 g/mol. The molecule has 2 aliphatic rings. The number of rotatable bonds is 3. The molecule has 0 spiro atoms. The van der Waals surface area contributed by atoms with Gasteiger partial charge in [-0.25, -0.2) is 0 Å². The highest BCUT2D eigenvalue weighted by Crippen LogP contribution is 2.45. The van der Waals surface area contributed by atoms with Gasteiger partial charge in [0.25, 0.3) is 11.5 Å². The van der Waals surface area contributed by atoms with Crippen molar-refractivity contribution in [1.29, 1.82) is 0 Å². The van der Waals surface area contributed by atoms with Crippen LogP contribution in [0.2, 0.25) is 10.0 Å². The molecule has 1 saturated carbocycles. The smallest absolute Gasteiger partial charge is 0.280 e. The van der Waals surface area contributed by atoms with Crippen molar-refractivity contribution in [2.75, 3.05) is 4.90 Å². The molecule has 0 saturated heterocycles. The standard InChI is InChI=1S/C21H18Cl2N4O2/c1-11-17-18(24-27(11)14-7-8-14)21(29)26(15-9-16(23)20(28)25(2)10-15)19(17)12-3-5-13(22)6-4-12/h3-6,9-10,14,19H,7-8H2,1-2H3/t19-/m0/s1. The molecule has 29 heavy (non-hydrogen) atoms. The maximum absolute atomic E-state index is 13.5. The van der Waals surface area contributed by atoms with Crippen LogP contribution in [0.4, 0.5) is 5.69 Å². The first kappa shape index (κ1) is 18.5. The van der Waals surface area contributed by atoms with Crippen LogP contribution >= 0.6 is 23.2 Å². The molecule has 5 rings (SSSR count). The monoisotopic (exact) mass is 428 g/mol. The number of halogens is 2. The molecule has 3 heterocycles. The first-order valence-electron chi connectivity index (χ1n) is 9.41. The number of pyridine rings is 1. The van der Waals surface area contributed by atoms with E-state index in [1.54, 1.807) is 24.2 Å². The molecule has 0 bridgehead atoms. The topological polar surface area (TPSA) is 60.1 Å². The summed E-state index contributed by atoms with van der Waals surface area (Å²) in [6.07, 6.45) is 3.80. The summed E-state index contributed by atoms with van der Waals surface area (Å²) in [7, 11) is 1.62. The molecule has 6 nitrogen and oxygen atoms in total. The van der Waals surface area contributed by atoms with Crippen molar-refractivity contribution < 1.29 is 4.79 Å². The molecule has 3 aromatic rings. The summed E-state index contributed by atoms with van der Waals surface area (Å²) in [4.78, 5) is 27.2. The Hall–Kier alpha value is -2.57.